The molecule has 0 bridgehead atoms. The third kappa shape index (κ3) is 4.41. The summed E-state index contributed by atoms with van der Waals surface area (Å²) >= 11 is 1.28. The van der Waals surface area contributed by atoms with Crippen molar-refractivity contribution >= 4 is 17.7 Å². The van der Waals surface area contributed by atoms with Crippen molar-refractivity contribution in [2.24, 2.45) is 0 Å². The number of rotatable bonds is 6. The normalized spacial score (nSPS) is 13.3. The Hall–Kier alpha value is -2.22. The van der Waals surface area contributed by atoms with Crippen molar-refractivity contribution in [3.05, 3.63) is 46.1 Å². The Labute approximate surface area is 143 Å². The first kappa shape index (κ1) is 16.6. The van der Waals surface area contributed by atoms with Crippen LogP contribution in [0.15, 0.2) is 34.5 Å². The van der Waals surface area contributed by atoms with Gasteiger partial charge < -0.3 is 5.32 Å². The van der Waals surface area contributed by atoms with E-state index < -0.39 is 0 Å². The van der Waals surface area contributed by atoms with Crippen LogP contribution in [0.1, 0.15) is 24.1 Å². The second-order valence-electron chi connectivity index (χ2n) is 5.55. The minimum Gasteiger partial charge on any atom is -0.354 e. The summed E-state index contributed by atoms with van der Waals surface area (Å²) in [5.74, 6) is 0.134. The molecule has 0 atom stereocenters. The average Bonchev–Trinajstić information content (AvgIpc) is 2.61. The zero-order valence-corrected chi connectivity index (χ0v) is 14.1. The summed E-state index contributed by atoms with van der Waals surface area (Å²) in [5.41, 5.74) is 1.99. The lowest BCUT2D eigenvalue weighted by atomic mass is 9.97. The molecule has 0 saturated heterocycles. The number of carbonyl (C=O) groups excluding carboxylic acids is 1. The van der Waals surface area contributed by atoms with Crippen LogP contribution in [0, 0.1) is 0 Å². The number of thioether (sulfide) groups is 1. The quantitative estimate of drug-likeness (QED) is 0.616. The summed E-state index contributed by atoms with van der Waals surface area (Å²) in [6.07, 6.45) is 7.39. The van der Waals surface area contributed by atoms with Crippen LogP contribution >= 0.6 is 11.8 Å². The van der Waals surface area contributed by atoms with Gasteiger partial charge in [-0.25, -0.2) is 14.6 Å². The molecule has 0 unspecified atom stereocenters. The van der Waals surface area contributed by atoms with E-state index in [-0.39, 0.29) is 17.2 Å². The van der Waals surface area contributed by atoms with Crippen LogP contribution in [0.4, 0.5) is 0 Å². The topological polar surface area (TPSA) is 89.8 Å². The monoisotopic (exact) mass is 345 g/mol. The number of aryl methyl sites for hydroxylation is 2. The molecule has 0 fully saturated rings. The molecular weight excluding hydrogens is 326 g/mol. The Bertz CT molecular complexity index is 763. The van der Waals surface area contributed by atoms with Crippen molar-refractivity contribution in [1.29, 1.82) is 0 Å². The summed E-state index contributed by atoms with van der Waals surface area (Å²) in [7, 11) is 0. The fraction of sp³-hybridized carbons (Fsp3) is 0.438. The molecule has 0 aliphatic heterocycles. The summed E-state index contributed by atoms with van der Waals surface area (Å²) in [6, 6.07) is 3.42. The molecule has 1 N–H and O–H groups in total. The highest BCUT2D eigenvalue weighted by Gasteiger charge is 2.13. The Morgan fingerprint density at radius 2 is 2.04 bits per heavy atom. The van der Waals surface area contributed by atoms with Crippen LogP contribution in [0.2, 0.25) is 0 Å². The maximum Gasteiger partial charge on any atom is 0.267 e. The predicted molar refractivity (Wildman–Crippen MR) is 90.9 cm³/mol. The fourth-order valence-electron chi connectivity index (χ4n) is 2.60. The molecule has 0 radical (unpaired) electrons. The van der Waals surface area contributed by atoms with E-state index >= 15 is 0 Å². The first-order valence-electron chi connectivity index (χ1n) is 7.99. The Kier molecular flexibility index (Phi) is 5.58. The SMILES string of the molecule is O=C(CSc1ncccn1)NCCn1nc2c(cc1=O)CCCC2. The van der Waals surface area contributed by atoms with E-state index in [1.807, 2.05) is 0 Å². The van der Waals surface area contributed by atoms with Gasteiger partial charge in [-0.1, -0.05) is 11.8 Å². The standard InChI is InChI=1S/C16H19N5O2S/c22-14(11-24-16-18-6-3-7-19-16)17-8-9-21-15(23)10-12-4-1-2-5-13(12)20-21/h3,6-7,10H,1-2,4-5,8-9,11H2,(H,17,22). The van der Waals surface area contributed by atoms with E-state index in [0.717, 1.165) is 36.9 Å². The largest absolute Gasteiger partial charge is 0.354 e. The van der Waals surface area contributed by atoms with E-state index in [0.29, 0.717) is 18.2 Å². The molecule has 0 saturated carbocycles. The van der Waals surface area contributed by atoms with Gasteiger partial charge in [0.05, 0.1) is 18.0 Å². The number of fused-ring (bicyclic) bond motifs is 1. The molecule has 2 aromatic rings. The minimum atomic E-state index is -0.113. The molecule has 1 aliphatic carbocycles. The predicted octanol–water partition coefficient (Wildman–Crippen LogP) is 0.821. The minimum absolute atomic E-state index is 0.100. The van der Waals surface area contributed by atoms with Crippen molar-refractivity contribution in [1.82, 2.24) is 25.1 Å². The Balaban J connectivity index is 1.47. The lowest BCUT2D eigenvalue weighted by Gasteiger charge is -2.15. The van der Waals surface area contributed by atoms with E-state index in [1.54, 1.807) is 24.5 Å². The molecule has 8 heteroatoms. The molecular formula is C16H19N5O2S. The van der Waals surface area contributed by atoms with Crippen molar-refractivity contribution in [2.75, 3.05) is 12.3 Å². The van der Waals surface area contributed by atoms with E-state index in [2.05, 4.69) is 20.4 Å². The van der Waals surface area contributed by atoms with Gasteiger partial charge in [0.1, 0.15) is 0 Å². The molecule has 24 heavy (non-hydrogen) atoms. The maximum absolute atomic E-state index is 12.0. The van der Waals surface area contributed by atoms with Crippen molar-refractivity contribution < 1.29 is 4.79 Å². The van der Waals surface area contributed by atoms with E-state index in [4.69, 9.17) is 0 Å². The number of hydrogen-bond donors (Lipinski definition) is 1. The van der Waals surface area contributed by atoms with Gasteiger partial charge in [0.15, 0.2) is 5.16 Å². The number of aromatic nitrogens is 4. The second kappa shape index (κ2) is 8.05. The third-order valence-corrected chi connectivity index (χ3v) is 4.67. The fourth-order valence-corrected chi connectivity index (χ4v) is 3.24. The number of carbonyl (C=O) groups is 1. The molecule has 1 amide bonds. The van der Waals surface area contributed by atoms with Gasteiger partial charge in [0.2, 0.25) is 5.91 Å². The van der Waals surface area contributed by atoms with Crippen molar-refractivity contribution in [3.63, 3.8) is 0 Å². The summed E-state index contributed by atoms with van der Waals surface area (Å²) in [5, 5.41) is 7.79. The average molecular weight is 345 g/mol. The zero-order valence-electron chi connectivity index (χ0n) is 13.3. The van der Waals surface area contributed by atoms with E-state index in [9.17, 15) is 9.59 Å². The van der Waals surface area contributed by atoms with Gasteiger partial charge in [0.25, 0.3) is 5.56 Å². The van der Waals surface area contributed by atoms with Gasteiger partial charge in [-0.2, -0.15) is 5.10 Å². The van der Waals surface area contributed by atoms with Crippen LogP contribution in [0.25, 0.3) is 0 Å². The maximum atomic E-state index is 12.0. The summed E-state index contributed by atoms with van der Waals surface area (Å²) < 4.78 is 1.44. The Morgan fingerprint density at radius 1 is 1.25 bits per heavy atom. The number of hydrogen-bond acceptors (Lipinski definition) is 6. The molecule has 2 aromatic heterocycles. The van der Waals surface area contributed by atoms with Crippen LogP contribution in [-0.2, 0) is 24.2 Å². The highest BCUT2D eigenvalue weighted by molar-refractivity contribution is 7.99. The number of nitrogens with one attached hydrogen (secondary N) is 1. The highest BCUT2D eigenvalue weighted by Crippen LogP contribution is 2.16. The van der Waals surface area contributed by atoms with Crippen LogP contribution in [0.3, 0.4) is 0 Å². The molecule has 0 spiro atoms. The first-order chi connectivity index (χ1) is 11.7. The molecule has 1 aliphatic rings. The number of amides is 1. The lowest BCUT2D eigenvalue weighted by molar-refractivity contribution is -0.118. The van der Waals surface area contributed by atoms with Crippen molar-refractivity contribution in [2.45, 2.75) is 37.4 Å². The third-order valence-electron chi connectivity index (χ3n) is 3.79. The second-order valence-corrected chi connectivity index (χ2v) is 6.50. The first-order valence-corrected chi connectivity index (χ1v) is 8.97. The number of nitrogens with zero attached hydrogens (tertiary/aromatic N) is 4. The van der Waals surface area contributed by atoms with Crippen molar-refractivity contribution in [3.8, 4) is 0 Å². The van der Waals surface area contributed by atoms with Gasteiger partial charge in [-0.3, -0.25) is 9.59 Å². The molecule has 2 heterocycles. The van der Waals surface area contributed by atoms with Crippen LogP contribution in [0.5, 0.6) is 0 Å². The van der Waals surface area contributed by atoms with E-state index in [1.165, 1.54) is 16.4 Å². The summed E-state index contributed by atoms with van der Waals surface area (Å²) in [4.78, 5) is 32.0. The van der Waals surface area contributed by atoms with Crippen LogP contribution < -0.4 is 10.9 Å². The smallest absolute Gasteiger partial charge is 0.267 e. The Morgan fingerprint density at radius 3 is 2.88 bits per heavy atom. The molecule has 3 rings (SSSR count). The molecule has 7 nitrogen and oxygen atoms in total. The van der Waals surface area contributed by atoms with Gasteiger partial charge in [-0.15, -0.1) is 0 Å². The summed E-state index contributed by atoms with van der Waals surface area (Å²) in [6.45, 7) is 0.755. The highest BCUT2D eigenvalue weighted by atomic mass is 32.2. The van der Waals surface area contributed by atoms with Gasteiger partial charge in [0, 0.05) is 25.0 Å². The molecule has 0 aromatic carbocycles. The van der Waals surface area contributed by atoms with Gasteiger partial charge in [-0.05, 0) is 37.3 Å². The lowest BCUT2D eigenvalue weighted by Crippen LogP contribution is -2.33. The molecule has 126 valence electrons. The van der Waals surface area contributed by atoms with Gasteiger partial charge >= 0.3 is 0 Å². The zero-order chi connectivity index (χ0) is 16.8. The van der Waals surface area contributed by atoms with Crippen LogP contribution in [-0.4, -0.2) is 38.0 Å².